The number of nitrogen functional groups attached to an aromatic ring is 1. The van der Waals surface area contributed by atoms with Crippen LogP contribution in [-0.4, -0.2) is 4.98 Å². The summed E-state index contributed by atoms with van der Waals surface area (Å²) in [7, 11) is 0. The molecule has 0 aliphatic rings. The number of nitrogens with zero attached hydrogens (tertiary/aromatic N) is 1. The van der Waals surface area contributed by atoms with Crippen molar-refractivity contribution in [2.45, 2.75) is 0 Å². The molecular weight excluding hydrogens is 356 g/mol. The first-order chi connectivity index (χ1) is 8.84. The van der Waals surface area contributed by atoms with Crippen LogP contribution in [0.3, 0.4) is 0 Å². The Morgan fingerprint density at radius 3 is 1.84 bits per heavy atom. The van der Waals surface area contributed by atoms with E-state index in [4.69, 9.17) is 63.7 Å². The molecule has 2 aromatic rings. The molecule has 8 heteroatoms. The number of pyridine rings is 1. The van der Waals surface area contributed by atoms with Gasteiger partial charge in [0.2, 0.25) is 5.95 Å². The lowest BCUT2D eigenvalue weighted by Gasteiger charge is -2.12. The Bertz CT molecular complexity index is 646. The van der Waals surface area contributed by atoms with E-state index in [9.17, 15) is 4.39 Å². The number of aromatic nitrogens is 1. The van der Waals surface area contributed by atoms with Gasteiger partial charge in [-0.25, -0.2) is 4.98 Å². The summed E-state index contributed by atoms with van der Waals surface area (Å²) in [5.41, 5.74) is 5.98. The summed E-state index contributed by atoms with van der Waals surface area (Å²) in [6, 6.07) is 1.33. The van der Waals surface area contributed by atoms with Gasteiger partial charge >= 0.3 is 0 Å². The molecule has 2 N–H and O–H groups in total. The van der Waals surface area contributed by atoms with Crippen molar-refractivity contribution in [1.29, 1.82) is 0 Å². The minimum atomic E-state index is -0.790. The molecule has 2 nitrogen and oxygen atoms in total. The van der Waals surface area contributed by atoms with Gasteiger partial charge in [-0.15, -0.1) is 0 Å². The third-order valence-corrected chi connectivity index (χ3v) is 4.64. The highest BCUT2D eigenvalue weighted by atomic mass is 35.5. The van der Waals surface area contributed by atoms with Gasteiger partial charge in [0.25, 0.3) is 0 Å². The van der Waals surface area contributed by atoms with Gasteiger partial charge in [-0.05, 0) is 6.07 Å². The van der Waals surface area contributed by atoms with Crippen molar-refractivity contribution in [3.05, 3.63) is 43.3 Å². The summed E-state index contributed by atoms with van der Waals surface area (Å²) in [4.78, 5) is 3.49. The number of benzene rings is 1. The number of halogens is 6. The van der Waals surface area contributed by atoms with Crippen LogP contribution in [0.2, 0.25) is 25.1 Å². The third-order valence-electron chi connectivity index (χ3n) is 2.36. The van der Waals surface area contributed by atoms with Crippen LogP contribution in [0.15, 0.2) is 12.3 Å². The molecule has 0 radical (unpaired) electrons. The molecule has 0 saturated carbocycles. The molecule has 2 rings (SSSR count). The van der Waals surface area contributed by atoms with Crippen LogP contribution in [0.4, 0.5) is 10.1 Å². The molecule has 1 aromatic carbocycles. The SMILES string of the molecule is Nc1cc(-c2c(Cl)c(Cl)c(Cl)c(Cl)c2Cl)cnc1F. The van der Waals surface area contributed by atoms with E-state index in [1.165, 1.54) is 12.3 Å². The lowest BCUT2D eigenvalue weighted by Crippen LogP contribution is -1.95. The highest BCUT2D eigenvalue weighted by Crippen LogP contribution is 2.48. The third kappa shape index (κ3) is 2.58. The van der Waals surface area contributed by atoms with Crippen LogP contribution < -0.4 is 5.73 Å². The zero-order chi connectivity index (χ0) is 14.3. The maximum Gasteiger partial charge on any atom is 0.236 e. The summed E-state index contributed by atoms with van der Waals surface area (Å²) in [5, 5.41) is 0.333. The number of rotatable bonds is 1. The average Bonchev–Trinajstić information content (AvgIpc) is 2.38. The second kappa shape index (κ2) is 5.51. The zero-order valence-corrected chi connectivity index (χ0v) is 12.7. The van der Waals surface area contributed by atoms with Crippen molar-refractivity contribution in [2.24, 2.45) is 0 Å². The van der Waals surface area contributed by atoms with Crippen LogP contribution in [0.1, 0.15) is 0 Å². The Kier molecular flexibility index (Phi) is 4.33. The first-order valence-electron chi connectivity index (χ1n) is 4.77. The standard InChI is InChI=1S/C11H4Cl5FN2/c12-6-5(3-1-4(18)11(17)19-2-3)7(13)9(15)10(16)8(6)14/h1-2H,18H2. The Morgan fingerprint density at radius 1 is 0.895 bits per heavy atom. The molecule has 0 bridgehead atoms. The first kappa shape index (κ1) is 14.9. The molecule has 19 heavy (non-hydrogen) atoms. The van der Waals surface area contributed by atoms with Crippen molar-refractivity contribution >= 4 is 63.7 Å². The minimum Gasteiger partial charge on any atom is -0.395 e. The van der Waals surface area contributed by atoms with Crippen LogP contribution in [0, 0.1) is 5.95 Å². The smallest absolute Gasteiger partial charge is 0.236 e. The Labute approximate surface area is 133 Å². The van der Waals surface area contributed by atoms with Crippen molar-refractivity contribution in [3.8, 4) is 11.1 Å². The number of hydrogen-bond acceptors (Lipinski definition) is 2. The van der Waals surface area contributed by atoms with E-state index >= 15 is 0 Å². The molecule has 0 unspecified atom stereocenters. The average molecular weight is 360 g/mol. The number of nitrogens with two attached hydrogens (primary N) is 1. The van der Waals surface area contributed by atoms with Crippen molar-refractivity contribution in [3.63, 3.8) is 0 Å². The van der Waals surface area contributed by atoms with Gasteiger partial charge in [0.1, 0.15) is 0 Å². The highest BCUT2D eigenvalue weighted by Gasteiger charge is 2.21. The second-order valence-electron chi connectivity index (χ2n) is 3.55. The lowest BCUT2D eigenvalue weighted by molar-refractivity contribution is 0.589. The summed E-state index contributed by atoms with van der Waals surface area (Å²) in [6.07, 6.45) is 1.22. The molecule has 1 heterocycles. The number of anilines is 1. The van der Waals surface area contributed by atoms with Crippen LogP contribution in [0.25, 0.3) is 11.1 Å². The van der Waals surface area contributed by atoms with E-state index in [-0.39, 0.29) is 30.8 Å². The van der Waals surface area contributed by atoms with E-state index in [1.807, 2.05) is 0 Å². The van der Waals surface area contributed by atoms with Crippen LogP contribution >= 0.6 is 58.0 Å². The maximum absolute atomic E-state index is 13.1. The van der Waals surface area contributed by atoms with Crippen LogP contribution in [0.5, 0.6) is 0 Å². The van der Waals surface area contributed by atoms with E-state index in [0.29, 0.717) is 11.1 Å². The van der Waals surface area contributed by atoms with E-state index in [2.05, 4.69) is 4.98 Å². The molecule has 1 aromatic heterocycles. The fourth-order valence-electron chi connectivity index (χ4n) is 1.46. The lowest BCUT2D eigenvalue weighted by atomic mass is 10.1. The predicted molar refractivity (Wildman–Crippen MR) is 79.1 cm³/mol. The Morgan fingerprint density at radius 2 is 1.37 bits per heavy atom. The Hall–Kier alpha value is -0.450. The van der Waals surface area contributed by atoms with Crippen molar-refractivity contribution in [1.82, 2.24) is 4.98 Å². The van der Waals surface area contributed by atoms with E-state index < -0.39 is 5.95 Å². The molecule has 0 aliphatic carbocycles. The first-order valence-corrected chi connectivity index (χ1v) is 6.66. The minimum absolute atomic E-state index is 0.0464. The fraction of sp³-hybridized carbons (Fsp3) is 0. The largest absolute Gasteiger partial charge is 0.395 e. The normalized spacial score (nSPS) is 10.8. The highest BCUT2D eigenvalue weighted by molar-refractivity contribution is 6.56. The van der Waals surface area contributed by atoms with Gasteiger partial charge in [0, 0.05) is 17.3 Å². The summed E-state index contributed by atoms with van der Waals surface area (Å²) in [5.74, 6) is -0.790. The van der Waals surface area contributed by atoms with Gasteiger partial charge in [-0.2, -0.15) is 4.39 Å². The van der Waals surface area contributed by atoms with Crippen molar-refractivity contribution < 1.29 is 4.39 Å². The molecule has 0 saturated heterocycles. The van der Waals surface area contributed by atoms with Crippen molar-refractivity contribution in [2.75, 3.05) is 5.73 Å². The van der Waals surface area contributed by atoms with E-state index in [0.717, 1.165) is 0 Å². The maximum atomic E-state index is 13.1. The molecule has 0 atom stereocenters. The zero-order valence-electron chi connectivity index (χ0n) is 8.95. The predicted octanol–water partition coefficient (Wildman–Crippen LogP) is 5.74. The monoisotopic (exact) mass is 358 g/mol. The van der Waals surface area contributed by atoms with Gasteiger partial charge in [-0.3, -0.25) is 0 Å². The summed E-state index contributed by atoms with van der Waals surface area (Å²) >= 11 is 29.9. The quantitative estimate of drug-likeness (QED) is 0.400. The molecule has 0 aliphatic heterocycles. The molecule has 0 spiro atoms. The molecule has 0 amide bonds. The Balaban J connectivity index is 2.79. The van der Waals surface area contributed by atoms with Gasteiger partial charge in [0.15, 0.2) is 0 Å². The summed E-state index contributed by atoms with van der Waals surface area (Å²) < 4.78 is 13.1. The topological polar surface area (TPSA) is 38.9 Å². The van der Waals surface area contributed by atoms with Crippen LogP contribution in [-0.2, 0) is 0 Å². The second-order valence-corrected chi connectivity index (χ2v) is 5.44. The van der Waals surface area contributed by atoms with E-state index in [1.54, 1.807) is 0 Å². The molecular formula is C11H4Cl5FN2. The van der Waals surface area contributed by atoms with Gasteiger partial charge < -0.3 is 5.73 Å². The van der Waals surface area contributed by atoms with Gasteiger partial charge in [0.05, 0.1) is 30.8 Å². The van der Waals surface area contributed by atoms with Gasteiger partial charge in [-0.1, -0.05) is 58.0 Å². The molecule has 0 fully saturated rings. The number of hydrogen-bond donors (Lipinski definition) is 1. The summed E-state index contributed by atoms with van der Waals surface area (Å²) in [6.45, 7) is 0. The molecule has 100 valence electrons. The fourth-order valence-corrected chi connectivity index (χ4v) is 2.82.